The first-order chi connectivity index (χ1) is 10.1. The quantitative estimate of drug-likeness (QED) is 0.871. The van der Waals surface area contributed by atoms with Gasteiger partial charge in [0, 0.05) is 37.8 Å². The molecule has 1 aliphatic heterocycles. The Hall–Kier alpha value is -1.88. The molecule has 1 aliphatic rings. The summed E-state index contributed by atoms with van der Waals surface area (Å²) in [6.07, 6.45) is 1.58. The fourth-order valence-electron chi connectivity index (χ4n) is 2.59. The summed E-state index contributed by atoms with van der Waals surface area (Å²) in [6, 6.07) is 9.95. The second kappa shape index (κ2) is 5.85. The zero-order valence-electron chi connectivity index (χ0n) is 12.0. The molecule has 0 radical (unpaired) electrons. The van der Waals surface area contributed by atoms with Crippen molar-refractivity contribution in [3.63, 3.8) is 0 Å². The van der Waals surface area contributed by atoms with E-state index in [4.69, 9.17) is 0 Å². The van der Waals surface area contributed by atoms with Crippen molar-refractivity contribution in [3.8, 4) is 0 Å². The SMILES string of the molecule is CN(CCN1CCCC1=O)C(=O)c1cc2ccccc2s1. The molecule has 5 heteroatoms. The maximum Gasteiger partial charge on any atom is 0.263 e. The molecule has 0 saturated carbocycles. The lowest BCUT2D eigenvalue weighted by molar-refractivity contribution is -0.127. The van der Waals surface area contributed by atoms with Crippen molar-refractivity contribution in [2.24, 2.45) is 0 Å². The first kappa shape index (κ1) is 14.1. The zero-order chi connectivity index (χ0) is 14.8. The van der Waals surface area contributed by atoms with E-state index in [1.54, 1.807) is 11.9 Å². The molecule has 1 fully saturated rings. The Bertz CT molecular complexity index is 647. The lowest BCUT2D eigenvalue weighted by Gasteiger charge is -2.21. The van der Waals surface area contributed by atoms with E-state index in [-0.39, 0.29) is 11.8 Å². The van der Waals surface area contributed by atoms with Crippen LogP contribution >= 0.6 is 11.3 Å². The van der Waals surface area contributed by atoms with Crippen molar-refractivity contribution in [3.05, 3.63) is 35.2 Å². The Morgan fingerprint density at radius 3 is 2.90 bits per heavy atom. The fourth-order valence-corrected chi connectivity index (χ4v) is 3.65. The molecule has 0 N–H and O–H groups in total. The molecule has 2 heterocycles. The molecule has 1 saturated heterocycles. The number of likely N-dealkylation sites (N-methyl/N-ethyl adjacent to an activating group) is 1. The molecular weight excluding hydrogens is 284 g/mol. The van der Waals surface area contributed by atoms with Gasteiger partial charge in [0.2, 0.25) is 5.91 Å². The first-order valence-corrected chi connectivity index (χ1v) is 7.98. The Morgan fingerprint density at radius 2 is 2.19 bits per heavy atom. The standard InChI is InChI=1S/C16H18N2O2S/c1-17(9-10-18-8-4-7-15(18)19)16(20)14-11-12-5-2-3-6-13(12)21-14/h2-3,5-6,11H,4,7-10H2,1H3. The molecule has 0 unspecified atom stereocenters. The van der Waals surface area contributed by atoms with Crippen LogP contribution in [0.2, 0.25) is 0 Å². The number of thiophene rings is 1. The van der Waals surface area contributed by atoms with Gasteiger partial charge in [-0.05, 0) is 23.9 Å². The fraction of sp³-hybridized carbons (Fsp3) is 0.375. The van der Waals surface area contributed by atoms with Gasteiger partial charge in [0.25, 0.3) is 5.91 Å². The van der Waals surface area contributed by atoms with E-state index >= 15 is 0 Å². The maximum absolute atomic E-state index is 12.4. The minimum Gasteiger partial charge on any atom is -0.341 e. The van der Waals surface area contributed by atoms with Crippen LogP contribution in [0.1, 0.15) is 22.5 Å². The summed E-state index contributed by atoms with van der Waals surface area (Å²) in [7, 11) is 1.80. The number of nitrogens with zero attached hydrogens (tertiary/aromatic N) is 2. The van der Waals surface area contributed by atoms with Crippen LogP contribution in [-0.2, 0) is 4.79 Å². The van der Waals surface area contributed by atoms with E-state index in [9.17, 15) is 9.59 Å². The van der Waals surface area contributed by atoms with Crippen molar-refractivity contribution in [1.82, 2.24) is 9.80 Å². The van der Waals surface area contributed by atoms with Gasteiger partial charge in [-0.2, -0.15) is 0 Å². The minimum absolute atomic E-state index is 0.0304. The maximum atomic E-state index is 12.4. The van der Waals surface area contributed by atoms with Gasteiger partial charge >= 0.3 is 0 Å². The Morgan fingerprint density at radius 1 is 1.38 bits per heavy atom. The highest BCUT2D eigenvalue weighted by atomic mass is 32.1. The smallest absolute Gasteiger partial charge is 0.263 e. The average molecular weight is 302 g/mol. The molecular formula is C16H18N2O2S. The highest BCUT2D eigenvalue weighted by Gasteiger charge is 2.21. The van der Waals surface area contributed by atoms with Crippen LogP contribution in [0.5, 0.6) is 0 Å². The van der Waals surface area contributed by atoms with Crippen LogP contribution in [0, 0.1) is 0 Å². The Balaban J connectivity index is 1.65. The van der Waals surface area contributed by atoms with E-state index in [1.165, 1.54) is 11.3 Å². The molecule has 2 aromatic rings. The van der Waals surface area contributed by atoms with Gasteiger partial charge in [-0.1, -0.05) is 18.2 Å². The topological polar surface area (TPSA) is 40.6 Å². The molecule has 0 aliphatic carbocycles. The molecule has 1 aromatic carbocycles. The number of amides is 2. The molecule has 110 valence electrons. The monoisotopic (exact) mass is 302 g/mol. The van der Waals surface area contributed by atoms with Crippen LogP contribution < -0.4 is 0 Å². The number of carbonyl (C=O) groups is 2. The minimum atomic E-state index is 0.0304. The average Bonchev–Trinajstić information content (AvgIpc) is 3.09. The highest BCUT2D eigenvalue weighted by molar-refractivity contribution is 7.20. The van der Waals surface area contributed by atoms with Crippen LogP contribution in [0.15, 0.2) is 30.3 Å². The van der Waals surface area contributed by atoms with Gasteiger partial charge in [-0.25, -0.2) is 0 Å². The number of hydrogen-bond donors (Lipinski definition) is 0. The van der Waals surface area contributed by atoms with Gasteiger partial charge in [0.15, 0.2) is 0 Å². The van der Waals surface area contributed by atoms with Gasteiger partial charge in [-0.15, -0.1) is 11.3 Å². The van der Waals surface area contributed by atoms with E-state index in [1.807, 2.05) is 35.2 Å². The lowest BCUT2D eigenvalue weighted by atomic mass is 10.2. The summed E-state index contributed by atoms with van der Waals surface area (Å²) >= 11 is 1.52. The third kappa shape index (κ3) is 2.93. The van der Waals surface area contributed by atoms with Crippen LogP contribution in [0.3, 0.4) is 0 Å². The Kier molecular flexibility index (Phi) is 3.92. The van der Waals surface area contributed by atoms with Crippen molar-refractivity contribution in [2.75, 3.05) is 26.7 Å². The molecule has 4 nitrogen and oxygen atoms in total. The predicted molar refractivity (Wildman–Crippen MR) is 84.6 cm³/mol. The summed E-state index contributed by atoms with van der Waals surface area (Å²) in [5.74, 6) is 0.237. The van der Waals surface area contributed by atoms with E-state index in [0.29, 0.717) is 19.5 Å². The number of fused-ring (bicyclic) bond motifs is 1. The lowest BCUT2D eigenvalue weighted by Crippen LogP contribution is -2.36. The van der Waals surface area contributed by atoms with Gasteiger partial charge < -0.3 is 9.80 Å². The molecule has 3 rings (SSSR count). The largest absolute Gasteiger partial charge is 0.341 e. The van der Waals surface area contributed by atoms with Crippen molar-refractivity contribution < 1.29 is 9.59 Å². The number of rotatable bonds is 4. The predicted octanol–water partition coefficient (Wildman–Crippen LogP) is 2.60. The molecule has 0 bridgehead atoms. The zero-order valence-corrected chi connectivity index (χ0v) is 12.9. The van der Waals surface area contributed by atoms with Gasteiger partial charge in [0.05, 0.1) is 4.88 Å². The summed E-state index contributed by atoms with van der Waals surface area (Å²) in [4.78, 5) is 28.3. The molecule has 1 aromatic heterocycles. The Labute approximate surface area is 128 Å². The third-order valence-electron chi connectivity index (χ3n) is 3.86. The number of benzene rings is 1. The van der Waals surface area contributed by atoms with Crippen LogP contribution in [-0.4, -0.2) is 48.3 Å². The third-order valence-corrected chi connectivity index (χ3v) is 4.96. The van der Waals surface area contributed by atoms with E-state index < -0.39 is 0 Å². The van der Waals surface area contributed by atoms with Crippen molar-refractivity contribution >= 4 is 33.2 Å². The number of likely N-dealkylation sites (tertiary alicyclic amines) is 1. The molecule has 0 atom stereocenters. The summed E-state index contributed by atoms with van der Waals surface area (Å²) in [6.45, 7) is 2.04. The van der Waals surface area contributed by atoms with Crippen molar-refractivity contribution in [1.29, 1.82) is 0 Å². The second-order valence-electron chi connectivity index (χ2n) is 5.36. The van der Waals surface area contributed by atoms with Crippen molar-refractivity contribution in [2.45, 2.75) is 12.8 Å². The first-order valence-electron chi connectivity index (χ1n) is 7.17. The van der Waals surface area contributed by atoms with E-state index in [2.05, 4.69) is 0 Å². The molecule has 21 heavy (non-hydrogen) atoms. The normalized spacial score (nSPS) is 14.9. The second-order valence-corrected chi connectivity index (χ2v) is 6.44. The molecule has 0 spiro atoms. The summed E-state index contributed by atoms with van der Waals surface area (Å²) in [5.41, 5.74) is 0. The highest BCUT2D eigenvalue weighted by Crippen LogP contribution is 2.26. The van der Waals surface area contributed by atoms with Gasteiger partial charge in [-0.3, -0.25) is 9.59 Å². The summed E-state index contributed by atoms with van der Waals surface area (Å²) < 4.78 is 1.13. The van der Waals surface area contributed by atoms with Crippen LogP contribution in [0.4, 0.5) is 0 Å². The molecule has 2 amide bonds. The summed E-state index contributed by atoms with van der Waals surface area (Å²) in [5, 5.41) is 1.11. The number of hydrogen-bond acceptors (Lipinski definition) is 3. The number of carbonyl (C=O) groups excluding carboxylic acids is 2. The van der Waals surface area contributed by atoms with Gasteiger partial charge in [0.1, 0.15) is 0 Å². The van der Waals surface area contributed by atoms with E-state index in [0.717, 1.165) is 27.9 Å². The van der Waals surface area contributed by atoms with Crippen LogP contribution in [0.25, 0.3) is 10.1 Å².